The van der Waals surface area contributed by atoms with Gasteiger partial charge in [0.15, 0.2) is 11.5 Å². The van der Waals surface area contributed by atoms with Crippen molar-refractivity contribution in [3.05, 3.63) is 24.6 Å². The molecule has 0 saturated carbocycles. The second-order valence-corrected chi connectivity index (χ2v) is 2.70. The summed E-state index contributed by atoms with van der Waals surface area (Å²) in [5.74, 6) is 1.54. The van der Waals surface area contributed by atoms with Crippen LogP contribution in [0.25, 0.3) is 0 Å². The van der Waals surface area contributed by atoms with Crippen molar-refractivity contribution < 1.29 is 29.9 Å². The maximum atomic E-state index is 5.12. The van der Waals surface area contributed by atoms with Gasteiger partial charge in [-0.25, -0.2) is 0 Å². The molecule has 0 N–H and O–H groups in total. The zero-order valence-electron chi connectivity index (χ0n) is 8.03. The Morgan fingerprint density at radius 2 is 1.79 bits per heavy atom. The van der Waals surface area contributed by atoms with Crippen molar-refractivity contribution >= 4 is 26.1 Å². The van der Waals surface area contributed by atoms with E-state index in [0.717, 1.165) is 16.8 Å². The van der Waals surface area contributed by atoms with Crippen molar-refractivity contribution in [1.82, 2.24) is 0 Å². The van der Waals surface area contributed by atoms with Crippen LogP contribution < -0.4 is 14.8 Å². The summed E-state index contributed by atoms with van der Waals surface area (Å²) in [5, 5.41) is 1.01. The average molecular weight is 326 g/mol. The maximum absolute atomic E-state index is 5.12. The molecule has 1 aromatic carbocycles. The van der Waals surface area contributed by atoms with Gasteiger partial charge in [-0.1, -0.05) is 12.1 Å². The fourth-order valence-corrected chi connectivity index (χ4v) is 1.28. The monoisotopic (exact) mass is 325 g/mol. The number of ether oxygens (including phenoxy) is 2. The molecule has 0 bridgehead atoms. The Kier molecular flexibility index (Phi) is 11.6. The quantitative estimate of drug-likeness (QED) is 0.471. The molecule has 14 heavy (non-hydrogen) atoms. The second kappa shape index (κ2) is 9.75. The van der Waals surface area contributed by atoms with Crippen molar-refractivity contribution in [2.45, 2.75) is 0 Å². The maximum Gasteiger partial charge on any atom is 0.167 e. The minimum Gasteiger partial charge on any atom is -0.493 e. The average Bonchev–Trinajstić information content (AvgIpc) is 2.20. The van der Waals surface area contributed by atoms with Gasteiger partial charge in [0.2, 0.25) is 0 Å². The molecule has 1 unspecified atom stereocenters. The molecule has 0 aliphatic heterocycles. The van der Waals surface area contributed by atoms with Crippen molar-refractivity contribution in [2.24, 2.45) is 0 Å². The van der Waals surface area contributed by atoms with Gasteiger partial charge in [-0.05, 0) is 6.07 Å². The van der Waals surface area contributed by atoms with Crippen LogP contribution in [0.2, 0.25) is 0 Å². The second-order valence-electron chi connectivity index (χ2n) is 2.08. The molecular formula is C9H13ClO2PPd-. The van der Waals surface area contributed by atoms with Gasteiger partial charge < -0.3 is 21.1 Å². The van der Waals surface area contributed by atoms with Gasteiger partial charge in [-0.2, -0.15) is 0 Å². The first kappa shape index (κ1) is 16.6. The molecule has 0 aliphatic carbocycles. The molecule has 84 valence electrons. The molecule has 1 atom stereocenters. The first-order valence-electron chi connectivity index (χ1n) is 3.52. The standard InChI is InChI=1S/C8H11O2P.CH2Cl.Pd/c1-9-6-4-3-5-7(11)8(6)10-2;1-2;/h3-5H,11H2,1-2H3;1H2;/q;-1;. The number of hydrogen-bond acceptors (Lipinski definition) is 2. The van der Waals surface area contributed by atoms with Gasteiger partial charge in [0, 0.05) is 25.7 Å². The van der Waals surface area contributed by atoms with Crippen molar-refractivity contribution in [1.29, 1.82) is 0 Å². The molecule has 1 aromatic rings. The van der Waals surface area contributed by atoms with Gasteiger partial charge >= 0.3 is 0 Å². The number of methoxy groups -OCH3 is 2. The largest absolute Gasteiger partial charge is 0.493 e. The minimum absolute atomic E-state index is 0. The van der Waals surface area contributed by atoms with E-state index >= 15 is 0 Å². The zero-order valence-corrected chi connectivity index (χ0v) is 11.5. The Morgan fingerprint density at radius 1 is 1.21 bits per heavy atom. The van der Waals surface area contributed by atoms with Crippen molar-refractivity contribution in [2.75, 3.05) is 14.2 Å². The summed E-state index contributed by atoms with van der Waals surface area (Å²) < 4.78 is 10.2. The third-order valence-corrected chi connectivity index (χ3v) is 1.89. The Labute approximate surface area is 106 Å². The Bertz CT molecular complexity index is 259. The molecule has 0 heterocycles. The van der Waals surface area contributed by atoms with Crippen LogP contribution >= 0.6 is 20.8 Å². The van der Waals surface area contributed by atoms with E-state index in [2.05, 4.69) is 27.2 Å². The Balaban J connectivity index is 0. The number of halogens is 1. The van der Waals surface area contributed by atoms with E-state index < -0.39 is 0 Å². The van der Waals surface area contributed by atoms with E-state index in [0.29, 0.717) is 0 Å². The Hall–Kier alpha value is 0.202. The van der Waals surface area contributed by atoms with E-state index in [1.165, 1.54) is 0 Å². The first-order valence-corrected chi connectivity index (χ1v) is 4.64. The molecule has 0 spiro atoms. The molecule has 0 aliphatic rings. The number of benzene rings is 1. The molecule has 0 saturated heterocycles. The molecule has 0 amide bonds. The summed E-state index contributed by atoms with van der Waals surface area (Å²) in [5.41, 5.74) is 0. The first-order chi connectivity index (χ1) is 6.29. The predicted octanol–water partition coefficient (Wildman–Crippen LogP) is 2.22. The van der Waals surface area contributed by atoms with Gasteiger partial charge in [-0.15, -0.1) is 9.24 Å². The van der Waals surface area contributed by atoms with E-state index in [1.807, 2.05) is 18.2 Å². The number of hydrogen-bond donors (Lipinski definition) is 0. The molecule has 2 nitrogen and oxygen atoms in total. The summed E-state index contributed by atoms with van der Waals surface area (Å²) in [6.07, 6.45) is 2.72. The van der Waals surface area contributed by atoms with Crippen LogP contribution in [0, 0.1) is 6.38 Å². The van der Waals surface area contributed by atoms with Crippen LogP contribution in [0.4, 0.5) is 0 Å². The van der Waals surface area contributed by atoms with E-state index in [1.54, 1.807) is 14.2 Å². The molecule has 0 radical (unpaired) electrons. The Morgan fingerprint density at radius 3 is 2.14 bits per heavy atom. The SMILES string of the molecule is COc1cccc(P)c1OC.[CH2-]Cl.[Pd]. The topological polar surface area (TPSA) is 18.5 Å². The minimum atomic E-state index is 0. The van der Waals surface area contributed by atoms with Crippen LogP contribution in [0.15, 0.2) is 18.2 Å². The summed E-state index contributed by atoms with van der Waals surface area (Å²) in [4.78, 5) is 0. The van der Waals surface area contributed by atoms with Crippen molar-refractivity contribution in [3.8, 4) is 11.5 Å². The predicted molar refractivity (Wildman–Crippen MR) is 60.1 cm³/mol. The number of rotatable bonds is 2. The van der Waals surface area contributed by atoms with Gasteiger partial charge in [0.25, 0.3) is 0 Å². The summed E-state index contributed by atoms with van der Waals surface area (Å²) in [6, 6.07) is 5.74. The third kappa shape index (κ3) is 4.62. The number of para-hydroxylation sites is 1. The zero-order chi connectivity index (χ0) is 10.3. The van der Waals surface area contributed by atoms with Crippen molar-refractivity contribution in [3.63, 3.8) is 0 Å². The van der Waals surface area contributed by atoms with E-state index in [9.17, 15) is 0 Å². The van der Waals surface area contributed by atoms with Gasteiger partial charge in [0.05, 0.1) is 14.2 Å². The molecule has 5 heteroatoms. The van der Waals surface area contributed by atoms with Crippen LogP contribution in [0.3, 0.4) is 0 Å². The van der Waals surface area contributed by atoms with Gasteiger partial charge in [-0.3, -0.25) is 6.38 Å². The third-order valence-electron chi connectivity index (χ3n) is 1.43. The van der Waals surface area contributed by atoms with E-state index in [4.69, 9.17) is 9.47 Å². The molecule has 1 rings (SSSR count). The van der Waals surface area contributed by atoms with Crippen LogP contribution in [-0.2, 0) is 20.4 Å². The molecular weight excluding hydrogens is 313 g/mol. The molecule has 0 fully saturated rings. The van der Waals surface area contributed by atoms with Crippen LogP contribution in [0.5, 0.6) is 11.5 Å². The fraction of sp³-hybridized carbons (Fsp3) is 0.222. The van der Waals surface area contributed by atoms with Crippen LogP contribution in [-0.4, -0.2) is 14.2 Å². The smallest absolute Gasteiger partial charge is 0.167 e. The van der Waals surface area contributed by atoms with Crippen LogP contribution in [0.1, 0.15) is 0 Å². The summed E-state index contributed by atoms with van der Waals surface area (Å²) in [7, 11) is 5.85. The fourth-order valence-electron chi connectivity index (χ4n) is 0.912. The summed E-state index contributed by atoms with van der Waals surface area (Å²) in [6.45, 7) is 0. The summed E-state index contributed by atoms with van der Waals surface area (Å²) >= 11 is 4.39. The van der Waals surface area contributed by atoms with Gasteiger partial charge in [0.1, 0.15) is 0 Å². The molecule has 0 aromatic heterocycles. The van der Waals surface area contributed by atoms with E-state index in [-0.39, 0.29) is 20.4 Å². The normalized spacial score (nSPS) is 7.79.